The molecule has 0 fully saturated rings. The molecule has 0 bridgehead atoms. The predicted molar refractivity (Wildman–Crippen MR) is 77.6 cm³/mol. The van der Waals surface area contributed by atoms with Crippen molar-refractivity contribution in [3.05, 3.63) is 35.5 Å². The van der Waals surface area contributed by atoms with Crippen molar-refractivity contribution in [3.63, 3.8) is 0 Å². The van der Waals surface area contributed by atoms with Crippen molar-refractivity contribution in [2.24, 2.45) is 5.73 Å². The van der Waals surface area contributed by atoms with Gasteiger partial charge in [-0.25, -0.2) is 0 Å². The lowest BCUT2D eigenvalue weighted by atomic mass is 10.1. The first kappa shape index (κ1) is 13.1. The zero-order valence-corrected chi connectivity index (χ0v) is 11.8. The van der Waals surface area contributed by atoms with Gasteiger partial charge in [-0.2, -0.15) is 0 Å². The molecule has 1 heterocycles. The zero-order chi connectivity index (χ0) is 13.3. The van der Waals surface area contributed by atoms with Crippen LogP contribution in [0.25, 0.3) is 10.9 Å². The summed E-state index contributed by atoms with van der Waals surface area (Å²) in [6.45, 7) is 6.01. The quantitative estimate of drug-likeness (QED) is 0.898. The van der Waals surface area contributed by atoms with Gasteiger partial charge in [-0.1, -0.05) is 12.1 Å². The van der Waals surface area contributed by atoms with Crippen molar-refractivity contribution in [1.29, 1.82) is 0 Å². The maximum atomic E-state index is 5.83. The Morgan fingerprint density at radius 2 is 2.00 bits per heavy atom. The van der Waals surface area contributed by atoms with E-state index in [1.165, 1.54) is 22.2 Å². The molecule has 0 saturated heterocycles. The predicted octanol–water partition coefficient (Wildman–Crippen LogP) is 2.74. The average Bonchev–Trinajstić information content (AvgIpc) is 2.65. The molecule has 2 aromatic rings. The fourth-order valence-electron chi connectivity index (χ4n) is 2.60. The van der Waals surface area contributed by atoms with Crippen LogP contribution >= 0.6 is 0 Å². The fraction of sp³-hybridized carbons (Fsp3) is 0.467. The third-order valence-corrected chi connectivity index (χ3v) is 3.27. The van der Waals surface area contributed by atoms with E-state index in [0.717, 1.165) is 6.54 Å². The molecule has 0 aliphatic heterocycles. The van der Waals surface area contributed by atoms with Crippen LogP contribution in [0.4, 0.5) is 0 Å². The lowest BCUT2D eigenvalue weighted by molar-refractivity contribution is 0.384. The second-order valence-corrected chi connectivity index (χ2v) is 5.39. The number of fused-ring (bicyclic) bond motifs is 1. The Morgan fingerprint density at radius 3 is 2.56 bits per heavy atom. The number of rotatable bonds is 4. The summed E-state index contributed by atoms with van der Waals surface area (Å²) < 4.78 is 2.41. The Morgan fingerprint density at radius 1 is 1.28 bits per heavy atom. The van der Waals surface area contributed by atoms with E-state index in [-0.39, 0.29) is 0 Å². The molecule has 18 heavy (non-hydrogen) atoms. The molecule has 0 radical (unpaired) electrons. The first-order chi connectivity index (χ1) is 8.54. The maximum absolute atomic E-state index is 5.83. The van der Waals surface area contributed by atoms with Gasteiger partial charge in [0.15, 0.2) is 0 Å². The summed E-state index contributed by atoms with van der Waals surface area (Å²) in [6.07, 6.45) is 0. The van der Waals surface area contributed by atoms with Crippen LogP contribution in [-0.2, 0) is 13.1 Å². The van der Waals surface area contributed by atoms with Crippen LogP contribution in [0.1, 0.15) is 31.1 Å². The van der Waals surface area contributed by atoms with E-state index in [1.807, 2.05) is 0 Å². The van der Waals surface area contributed by atoms with Crippen LogP contribution in [-0.4, -0.2) is 23.6 Å². The topological polar surface area (TPSA) is 34.2 Å². The molecule has 0 aliphatic carbocycles. The van der Waals surface area contributed by atoms with Gasteiger partial charge < -0.3 is 15.2 Å². The molecule has 1 aromatic carbocycles. The molecule has 2 N–H and O–H groups in total. The van der Waals surface area contributed by atoms with Crippen molar-refractivity contribution >= 4 is 10.9 Å². The summed E-state index contributed by atoms with van der Waals surface area (Å²) in [5, 5.41) is 1.30. The van der Waals surface area contributed by atoms with Gasteiger partial charge in [0, 0.05) is 35.7 Å². The van der Waals surface area contributed by atoms with Gasteiger partial charge in [-0.3, -0.25) is 0 Å². The minimum atomic E-state index is 0.463. The number of hydrogen-bond donors (Lipinski definition) is 1. The highest BCUT2D eigenvalue weighted by atomic mass is 15.1. The Hall–Kier alpha value is -1.32. The van der Waals surface area contributed by atoms with Crippen LogP contribution in [0.15, 0.2) is 24.3 Å². The molecule has 0 spiro atoms. The lowest BCUT2D eigenvalue weighted by Gasteiger charge is -2.17. The Labute approximate surface area is 109 Å². The molecular formula is C15H23N3. The van der Waals surface area contributed by atoms with Gasteiger partial charge in [0.1, 0.15) is 0 Å². The lowest BCUT2D eigenvalue weighted by Crippen LogP contribution is -2.15. The highest BCUT2D eigenvalue weighted by molar-refractivity contribution is 5.85. The zero-order valence-electron chi connectivity index (χ0n) is 11.8. The first-order valence-electron chi connectivity index (χ1n) is 6.51. The first-order valence-corrected chi connectivity index (χ1v) is 6.51. The SMILES string of the molecule is CC(C)n1c(CN(C)C)cc2c(CN)cccc21. The van der Waals surface area contributed by atoms with Gasteiger partial charge in [-0.05, 0) is 45.6 Å². The van der Waals surface area contributed by atoms with E-state index in [1.54, 1.807) is 0 Å². The van der Waals surface area contributed by atoms with Gasteiger partial charge in [-0.15, -0.1) is 0 Å². The minimum absolute atomic E-state index is 0.463. The van der Waals surface area contributed by atoms with Crippen LogP contribution in [0.3, 0.4) is 0 Å². The van der Waals surface area contributed by atoms with E-state index in [0.29, 0.717) is 12.6 Å². The Balaban J connectivity index is 2.66. The third-order valence-electron chi connectivity index (χ3n) is 3.27. The highest BCUT2D eigenvalue weighted by Gasteiger charge is 2.13. The van der Waals surface area contributed by atoms with Crippen molar-refractivity contribution in [2.45, 2.75) is 33.0 Å². The van der Waals surface area contributed by atoms with Crippen molar-refractivity contribution in [3.8, 4) is 0 Å². The smallest absolute Gasteiger partial charge is 0.0488 e. The molecule has 1 aromatic heterocycles. The maximum Gasteiger partial charge on any atom is 0.0488 e. The van der Waals surface area contributed by atoms with Gasteiger partial charge in [0.25, 0.3) is 0 Å². The number of aromatic nitrogens is 1. The van der Waals surface area contributed by atoms with Crippen molar-refractivity contribution in [1.82, 2.24) is 9.47 Å². The molecule has 0 unspecified atom stereocenters. The second-order valence-electron chi connectivity index (χ2n) is 5.39. The van der Waals surface area contributed by atoms with E-state index in [2.05, 4.69) is 61.7 Å². The monoisotopic (exact) mass is 245 g/mol. The number of nitrogens with two attached hydrogens (primary N) is 1. The number of nitrogens with zero attached hydrogens (tertiary/aromatic N) is 2. The third kappa shape index (κ3) is 2.28. The molecule has 0 saturated carbocycles. The largest absolute Gasteiger partial charge is 0.341 e. The summed E-state index contributed by atoms with van der Waals surface area (Å²) >= 11 is 0. The van der Waals surface area contributed by atoms with E-state index < -0.39 is 0 Å². The molecule has 0 atom stereocenters. The summed E-state index contributed by atoms with van der Waals surface area (Å²) in [7, 11) is 4.21. The Kier molecular flexibility index (Phi) is 3.73. The molecule has 2 rings (SSSR count). The normalized spacial score (nSPS) is 11.9. The number of benzene rings is 1. The van der Waals surface area contributed by atoms with E-state index in [4.69, 9.17) is 5.73 Å². The van der Waals surface area contributed by atoms with Gasteiger partial charge >= 0.3 is 0 Å². The molecule has 3 heteroatoms. The van der Waals surface area contributed by atoms with Crippen LogP contribution < -0.4 is 5.73 Å². The molecule has 0 aliphatic rings. The van der Waals surface area contributed by atoms with E-state index in [9.17, 15) is 0 Å². The van der Waals surface area contributed by atoms with Gasteiger partial charge in [0.2, 0.25) is 0 Å². The summed E-state index contributed by atoms with van der Waals surface area (Å²) in [5.74, 6) is 0. The molecule has 0 amide bonds. The molecule has 3 nitrogen and oxygen atoms in total. The fourth-order valence-corrected chi connectivity index (χ4v) is 2.60. The van der Waals surface area contributed by atoms with Crippen LogP contribution in [0.5, 0.6) is 0 Å². The van der Waals surface area contributed by atoms with Crippen molar-refractivity contribution in [2.75, 3.05) is 14.1 Å². The number of hydrogen-bond acceptors (Lipinski definition) is 2. The van der Waals surface area contributed by atoms with Gasteiger partial charge in [0.05, 0.1) is 0 Å². The standard InChI is InChI=1S/C15H23N3/c1-11(2)18-13(10-17(3)4)8-14-12(9-16)6-5-7-15(14)18/h5-8,11H,9-10,16H2,1-4H3. The molecular weight excluding hydrogens is 222 g/mol. The summed E-state index contributed by atoms with van der Waals surface area (Å²) in [5.41, 5.74) is 9.71. The highest BCUT2D eigenvalue weighted by Crippen LogP contribution is 2.27. The van der Waals surface area contributed by atoms with E-state index >= 15 is 0 Å². The summed E-state index contributed by atoms with van der Waals surface area (Å²) in [4.78, 5) is 2.20. The molecule has 98 valence electrons. The van der Waals surface area contributed by atoms with Crippen molar-refractivity contribution < 1.29 is 0 Å². The Bertz CT molecular complexity index is 538. The minimum Gasteiger partial charge on any atom is -0.341 e. The summed E-state index contributed by atoms with van der Waals surface area (Å²) in [6, 6.07) is 9.16. The average molecular weight is 245 g/mol. The van der Waals surface area contributed by atoms with Crippen LogP contribution in [0, 0.1) is 0 Å². The van der Waals surface area contributed by atoms with Crippen LogP contribution in [0.2, 0.25) is 0 Å². The second kappa shape index (κ2) is 5.12.